The largest absolute Gasteiger partial charge is 0.467 e. The van der Waals surface area contributed by atoms with E-state index < -0.39 is 5.82 Å². The summed E-state index contributed by atoms with van der Waals surface area (Å²) in [7, 11) is 0. The molecule has 0 fully saturated rings. The molecule has 3 aromatic heterocycles. The highest BCUT2D eigenvalue weighted by Crippen LogP contribution is 2.16. The van der Waals surface area contributed by atoms with Gasteiger partial charge in [-0.2, -0.15) is 0 Å². The number of aromatic nitrogens is 2. The molecule has 0 saturated carbocycles. The Morgan fingerprint density at radius 3 is 2.75 bits per heavy atom. The first-order chi connectivity index (χ1) is 13.6. The third-order valence-electron chi connectivity index (χ3n) is 4.34. The summed E-state index contributed by atoms with van der Waals surface area (Å²) in [4.78, 5) is 33.7. The van der Waals surface area contributed by atoms with Crippen molar-refractivity contribution in [2.45, 2.75) is 13.1 Å². The van der Waals surface area contributed by atoms with Gasteiger partial charge in [0.15, 0.2) is 0 Å². The first-order valence-electron chi connectivity index (χ1n) is 8.64. The van der Waals surface area contributed by atoms with E-state index in [1.54, 1.807) is 42.5 Å². The zero-order chi connectivity index (χ0) is 19.5. The molecule has 4 rings (SSSR count). The predicted octanol–water partition coefficient (Wildman–Crippen LogP) is 3.50. The van der Waals surface area contributed by atoms with Crippen LogP contribution in [-0.2, 0) is 13.1 Å². The molecule has 3 heterocycles. The van der Waals surface area contributed by atoms with E-state index in [1.165, 1.54) is 29.5 Å². The van der Waals surface area contributed by atoms with Gasteiger partial charge in [-0.15, -0.1) is 0 Å². The van der Waals surface area contributed by atoms with Gasteiger partial charge in [-0.1, -0.05) is 6.07 Å². The first kappa shape index (κ1) is 17.7. The lowest BCUT2D eigenvalue weighted by atomic mass is 10.1. The summed E-state index contributed by atoms with van der Waals surface area (Å²) < 4.78 is 18.8. The second kappa shape index (κ2) is 7.48. The number of benzene rings is 1. The lowest BCUT2D eigenvalue weighted by molar-refractivity contribution is 0.0711. The number of halogens is 1. The lowest BCUT2D eigenvalue weighted by Crippen LogP contribution is -2.32. The van der Waals surface area contributed by atoms with Crippen LogP contribution in [-0.4, -0.2) is 20.8 Å². The highest BCUT2D eigenvalue weighted by atomic mass is 19.1. The van der Waals surface area contributed by atoms with Crippen molar-refractivity contribution in [3.8, 4) is 0 Å². The zero-order valence-electron chi connectivity index (χ0n) is 14.8. The Hall–Kier alpha value is -3.74. The average Bonchev–Trinajstić information content (AvgIpc) is 3.21. The molecule has 0 radical (unpaired) electrons. The monoisotopic (exact) mass is 377 g/mol. The summed E-state index contributed by atoms with van der Waals surface area (Å²) in [5, 5.41) is 0.680. The normalized spacial score (nSPS) is 10.9. The molecule has 0 aliphatic heterocycles. The number of furan rings is 1. The number of fused-ring (bicyclic) bond motifs is 1. The molecule has 0 unspecified atom stereocenters. The van der Waals surface area contributed by atoms with E-state index in [0.717, 1.165) is 0 Å². The molecule has 4 aromatic rings. The van der Waals surface area contributed by atoms with Crippen molar-refractivity contribution in [2.75, 3.05) is 0 Å². The second-order valence-corrected chi connectivity index (χ2v) is 6.31. The van der Waals surface area contributed by atoms with Gasteiger partial charge >= 0.3 is 0 Å². The second-order valence-electron chi connectivity index (χ2n) is 6.31. The van der Waals surface area contributed by atoms with Gasteiger partial charge in [0.2, 0.25) is 0 Å². The highest BCUT2D eigenvalue weighted by Gasteiger charge is 2.20. The molecule has 0 spiro atoms. The molecule has 1 aromatic carbocycles. The van der Waals surface area contributed by atoms with Gasteiger partial charge in [0.05, 0.1) is 24.9 Å². The number of hydrogen-bond acceptors (Lipinski definition) is 4. The number of carbonyl (C=O) groups excluding carboxylic acids is 1. The lowest BCUT2D eigenvalue weighted by Gasteiger charge is -2.21. The summed E-state index contributed by atoms with van der Waals surface area (Å²) in [6, 6.07) is 14.4. The molecule has 0 aliphatic carbocycles. The molecule has 6 nitrogen and oxygen atoms in total. The van der Waals surface area contributed by atoms with Gasteiger partial charge in [0.25, 0.3) is 11.5 Å². The molecule has 140 valence electrons. The minimum atomic E-state index is -0.430. The maximum atomic E-state index is 13.4. The molecule has 0 atom stereocenters. The fourth-order valence-electron chi connectivity index (χ4n) is 2.98. The van der Waals surface area contributed by atoms with Crippen LogP contribution >= 0.6 is 0 Å². The molecule has 28 heavy (non-hydrogen) atoms. The van der Waals surface area contributed by atoms with Crippen molar-refractivity contribution >= 4 is 16.8 Å². The fraction of sp³-hybridized carbons (Fsp3) is 0.0952. The van der Waals surface area contributed by atoms with Crippen molar-refractivity contribution < 1.29 is 13.6 Å². The molecular formula is C21H16FN3O3. The Bertz CT molecular complexity index is 1170. The van der Waals surface area contributed by atoms with Crippen LogP contribution in [0.4, 0.5) is 4.39 Å². The van der Waals surface area contributed by atoms with Crippen molar-refractivity contribution in [2.24, 2.45) is 0 Å². The van der Waals surface area contributed by atoms with E-state index in [0.29, 0.717) is 22.2 Å². The molecule has 0 bridgehead atoms. The van der Waals surface area contributed by atoms with E-state index in [4.69, 9.17) is 4.42 Å². The standard InChI is InChI=1S/C21H16FN3O3/c22-16-7-6-14-10-15(20(26)24-19(14)11-16)12-25(13-17-4-3-9-28-17)21(27)18-5-1-2-8-23-18/h1-11H,12-13H2,(H,24,26). The summed E-state index contributed by atoms with van der Waals surface area (Å²) in [5.74, 6) is -0.167. The zero-order valence-corrected chi connectivity index (χ0v) is 14.8. The summed E-state index contributed by atoms with van der Waals surface area (Å²) in [6.45, 7) is 0.238. The Morgan fingerprint density at radius 1 is 1.11 bits per heavy atom. The third kappa shape index (κ3) is 3.68. The molecule has 1 amide bonds. The van der Waals surface area contributed by atoms with Gasteiger partial charge in [-0.05, 0) is 53.9 Å². The Balaban J connectivity index is 1.70. The van der Waals surface area contributed by atoms with E-state index >= 15 is 0 Å². The number of amides is 1. The summed E-state index contributed by atoms with van der Waals surface area (Å²) in [6.07, 6.45) is 3.06. The van der Waals surface area contributed by atoms with Crippen molar-refractivity contribution in [3.63, 3.8) is 0 Å². The van der Waals surface area contributed by atoms with Gasteiger partial charge < -0.3 is 14.3 Å². The molecule has 0 aliphatic rings. The number of hydrogen-bond donors (Lipinski definition) is 1. The maximum Gasteiger partial charge on any atom is 0.273 e. The van der Waals surface area contributed by atoms with Crippen molar-refractivity contribution in [1.29, 1.82) is 0 Å². The van der Waals surface area contributed by atoms with Crippen molar-refractivity contribution in [1.82, 2.24) is 14.9 Å². The SMILES string of the molecule is O=C(c1ccccn1)N(Cc1ccco1)Cc1cc2ccc(F)cc2[nH]c1=O. The van der Waals surface area contributed by atoms with Gasteiger partial charge in [0.1, 0.15) is 17.3 Å². The van der Waals surface area contributed by atoms with Crippen LogP contribution in [0.1, 0.15) is 21.8 Å². The topological polar surface area (TPSA) is 79.2 Å². The van der Waals surface area contributed by atoms with E-state index in [-0.39, 0.29) is 30.2 Å². The molecule has 0 saturated heterocycles. The Morgan fingerprint density at radius 2 is 2.00 bits per heavy atom. The first-order valence-corrected chi connectivity index (χ1v) is 8.64. The average molecular weight is 377 g/mol. The van der Waals surface area contributed by atoms with Crippen LogP contribution in [0.15, 0.2) is 76.3 Å². The van der Waals surface area contributed by atoms with Gasteiger partial charge in [-0.3, -0.25) is 14.6 Å². The van der Waals surface area contributed by atoms with Crippen molar-refractivity contribution in [3.05, 3.63) is 100 Å². The minimum Gasteiger partial charge on any atom is -0.467 e. The minimum absolute atomic E-state index is 0.0543. The van der Waals surface area contributed by atoms with Crippen LogP contribution in [0, 0.1) is 5.82 Å². The van der Waals surface area contributed by atoms with Crippen LogP contribution in [0.5, 0.6) is 0 Å². The van der Waals surface area contributed by atoms with Gasteiger partial charge in [0, 0.05) is 11.8 Å². The number of H-pyrrole nitrogens is 1. The molecular weight excluding hydrogens is 361 g/mol. The van der Waals surface area contributed by atoms with Gasteiger partial charge in [-0.25, -0.2) is 4.39 Å². The number of nitrogens with zero attached hydrogens (tertiary/aromatic N) is 2. The highest BCUT2D eigenvalue weighted by molar-refractivity contribution is 5.92. The number of aromatic amines is 1. The predicted molar refractivity (Wildman–Crippen MR) is 101 cm³/mol. The van der Waals surface area contributed by atoms with E-state index in [9.17, 15) is 14.0 Å². The van der Waals surface area contributed by atoms with Crippen LogP contribution in [0.3, 0.4) is 0 Å². The number of rotatable bonds is 5. The smallest absolute Gasteiger partial charge is 0.273 e. The summed E-state index contributed by atoms with van der Waals surface area (Å²) >= 11 is 0. The van der Waals surface area contributed by atoms with Crippen LogP contribution < -0.4 is 5.56 Å². The Labute approximate surface area is 159 Å². The fourth-order valence-corrected chi connectivity index (χ4v) is 2.98. The molecule has 1 N–H and O–H groups in total. The number of carbonyl (C=O) groups is 1. The van der Waals surface area contributed by atoms with Crippen LogP contribution in [0.25, 0.3) is 10.9 Å². The van der Waals surface area contributed by atoms with Crippen LogP contribution in [0.2, 0.25) is 0 Å². The van der Waals surface area contributed by atoms with E-state index in [2.05, 4.69) is 9.97 Å². The third-order valence-corrected chi connectivity index (χ3v) is 4.34. The van der Waals surface area contributed by atoms with E-state index in [1.807, 2.05) is 0 Å². The summed E-state index contributed by atoms with van der Waals surface area (Å²) in [5.41, 5.74) is 0.682. The number of nitrogens with one attached hydrogen (secondary N) is 1. The Kier molecular flexibility index (Phi) is 4.72. The number of pyridine rings is 2. The maximum absolute atomic E-state index is 13.4. The quantitative estimate of drug-likeness (QED) is 0.577. The molecule has 7 heteroatoms.